The summed E-state index contributed by atoms with van der Waals surface area (Å²) in [6, 6.07) is 14.7. The molecule has 3 heteroatoms. The van der Waals surface area contributed by atoms with Crippen molar-refractivity contribution in [2.24, 2.45) is 0 Å². The van der Waals surface area contributed by atoms with E-state index in [1.165, 1.54) is 21.3 Å². The van der Waals surface area contributed by atoms with Crippen LogP contribution < -0.4 is 10.2 Å². The normalized spacial score (nSPS) is 13.6. The monoisotopic (exact) mass is 418 g/mol. The Labute approximate surface area is 107 Å². The summed E-state index contributed by atoms with van der Waals surface area (Å²) < 4.78 is 15.2. The van der Waals surface area contributed by atoms with Gasteiger partial charge in [0, 0.05) is 0 Å². The van der Waals surface area contributed by atoms with Crippen LogP contribution in [0.4, 0.5) is 0 Å². The van der Waals surface area contributed by atoms with Crippen LogP contribution >= 0.6 is 0 Å². The molecule has 2 nitrogen and oxygen atoms in total. The molecular formula is C14H9BiO2. The van der Waals surface area contributed by atoms with Crippen LogP contribution in [0.2, 0.25) is 0 Å². The fourth-order valence-electron chi connectivity index (χ4n) is 2.26. The third kappa shape index (κ3) is 1.29. The van der Waals surface area contributed by atoms with Crippen molar-refractivity contribution in [2.45, 2.75) is 0 Å². The quantitative estimate of drug-likeness (QED) is 0.437. The Bertz CT molecular complexity index is 626. The molecule has 0 aliphatic carbocycles. The Morgan fingerprint density at radius 3 is 1.88 bits per heavy atom. The molecule has 1 aliphatic rings. The zero-order valence-corrected chi connectivity index (χ0v) is 12.4. The third-order valence-corrected chi connectivity index (χ3v) is 12.0. The molecule has 0 unspecified atom stereocenters. The van der Waals surface area contributed by atoms with Gasteiger partial charge in [0.1, 0.15) is 0 Å². The van der Waals surface area contributed by atoms with Crippen LogP contribution in [0.25, 0.3) is 11.1 Å². The molecule has 82 valence electrons. The zero-order chi connectivity index (χ0) is 11.2. The molecule has 2 aromatic heterocycles. The first kappa shape index (κ1) is 9.67. The third-order valence-electron chi connectivity index (χ3n) is 3.00. The number of furan rings is 2. The number of hydrogen-bond donors (Lipinski definition) is 0. The van der Waals surface area contributed by atoms with Gasteiger partial charge in [0.15, 0.2) is 0 Å². The Balaban J connectivity index is 1.99. The average Bonchev–Trinajstić information content (AvgIpc) is 3.01. The first-order chi connectivity index (χ1) is 8.45. The standard InChI is InChI=1S/C8H4O2.C6H5.Bi/c1-3-9-5-7(1)8-2-4-10-6-8;1-2-4-6-5-3-1;/h1-4H;1-5H;. The predicted octanol–water partition coefficient (Wildman–Crippen LogP) is 1.37. The topological polar surface area (TPSA) is 26.3 Å². The first-order valence-corrected chi connectivity index (χ1v) is 10.7. The van der Waals surface area contributed by atoms with E-state index in [9.17, 15) is 0 Å². The van der Waals surface area contributed by atoms with Crippen LogP contribution in [0.5, 0.6) is 0 Å². The van der Waals surface area contributed by atoms with Gasteiger partial charge in [0.25, 0.3) is 0 Å². The molecule has 4 rings (SSSR count). The van der Waals surface area contributed by atoms with Crippen molar-refractivity contribution in [1.82, 2.24) is 0 Å². The van der Waals surface area contributed by atoms with E-state index in [4.69, 9.17) is 8.83 Å². The van der Waals surface area contributed by atoms with Gasteiger partial charge in [-0.3, -0.25) is 0 Å². The van der Waals surface area contributed by atoms with E-state index in [1.807, 2.05) is 0 Å². The molecule has 0 saturated heterocycles. The van der Waals surface area contributed by atoms with Crippen molar-refractivity contribution in [1.29, 1.82) is 0 Å². The van der Waals surface area contributed by atoms with Gasteiger partial charge < -0.3 is 0 Å². The van der Waals surface area contributed by atoms with Crippen molar-refractivity contribution in [3.05, 3.63) is 55.0 Å². The Kier molecular flexibility index (Phi) is 2.03. The van der Waals surface area contributed by atoms with Crippen molar-refractivity contribution in [2.75, 3.05) is 0 Å². The Hall–Kier alpha value is -1.34. The van der Waals surface area contributed by atoms with Crippen LogP contribution in [0.3, 0.4) is 0 Å². The summed E-state index contributed by atoms with van der Waals surface area (Å²) in [7, 11) is 0. The summed E-state index contributed by atoms with van der Waals surface area (Å²) in [5.41, 5.74) is 2.49. The average molecular weight is 418 g/mol. The summed E-state index contributed by atoms with van der Waals surface area (Å²) >= 11 is -2.20. The molecule has 0 saturated carbocycles. The van der Waals surface area contributed by atoms with E-state index >= 15 is 0 Å². The molecule has 1 aliphatic heterocycles. The Morgan fingerprint density at radius 2 is 1.29 bits per heavy atom. The summed E-state index contributed by atoms with van der Waals surface area (Å²) in [5, 5.41) is 0. The van der Waals surface area contributed by atoms with Gasteiger partial charge in [-0.25, -0.2) is 0 Å². The molecule has 3 heterocycles. The van der Waals surface area contributed by atoms with Gasteiger partial charge in [-0.1, -0.05) is 0 Å². The first-order valence-electron chi connectivity index (χ1n) is 5.46. The van der Waals surface area contributed by atoms with Gasteiger partial charge >= 0.3 is 107 Å². The van der Waals surface area contributed by atoms with Crippen LogP contribution in [0, 0.1) is 0 Å². The maximum absolute atomic E-state index is 5.71. The zero-order valence-electron chi connectivity index (χ0n) is 8.96. The van der Waals surface area contributed by atoms with E-state index in [1.54, 1.807) is 12.5 Å². The van der Waals surface area contributed by atoms with Crippen LogP contribution in [0.15, 0.2) is 63.8 Å². The number of benzene rings is 1. The van der Waals surface area contributed by atoms with Gasteiger partial charge in [-0.2, -0.15) is 0 Å². The molecule has 0 N–H and O–H groups in total. The molecule has 0 amide bonds. The molecule has 0 atom stereocenters. The summed E-state index contributed by atoms with van der Waals surface area (Å²) in [6.45, 7) is 0. The van der Waals surface area contributed by atoms with E-state index in [0.717, 1.165) is 0 Å². The predicted molar refractivity (Wildman–Crippen MR) is 67.5 cm³/mol. The van der Waals surface area contributed by atoms with E-state index in [0.29, 0.717) is 0 Å². The van der Waals surface area contributed by atoms with Crippen LogP contribution in [-0.2, 0) is 0 Å². The minimum absolute atomic E-state index is 1.19. The summed E-state index contributed by atoms with van der Waals surface area (Å²) in [5.74, 6) is 0. The van der Waals surface area contributed by atoms with Crippen molar-refractivity contribution in [3.8, 4) is 11.1 Å². The van der Waals surface area contributed by atoms with Gasteiger partial charge in [0.05, 0.1) is 0 Å². The number of rotatable bonds is 1. The van der Waals surface area contributed by atoms with E-state index in [-0.39, 0.29) is 0 Å². The summed E-state index contributed by atoms with van der Waals surface area (Å²) in [4.78, 5) is 0. The van der Waals surface area contributed by atoms with E-state index in [2.05, 4.69) is 42.5 Å². The molecular weight excluding hydrogens is 409 g/mol. The molecule has 0 spiro atoms. The second kappa shape index (κ2) is 3.58. The SMILES string of the molecule is c1cc[c]([Bi]2[c]3occc3-c3cco[c]32)cc1. The number of hydrogen-bond acceptors (Lipinski definition) is 2. The van der Waals surface area contributed by atoms with Crippen molar-refractivity contribution >= 4 is 32.0 Å². The molecule has 0 radical (unpaired) electrons. The second-order valence-corrected chi connectivity index (χ2v) is 11.7. The fraction of sp³-hybridized carbons (Fsp3) is 0. The van der Waals surface area contributed by atoms with Gasteiger partial charge in [0.2, 0.25) is 0 Å². The van der Waals surface area contributed by atoms with Crippen molar-refractivity contribution in [3.63, 3.8) is 0 Å². The Morgan fingerprint density at radius 1 is 0.706 bits per heavy atom. The fourth-order valence-corrected chi connectivity index (χ4v) is 11.3. The second-order valence-electron chi connectivity index (χ2n) is 3.95. The van der Waals surface area contributed by atoms with E-state index < -0.39 is 21.8 Å². The molecule has 17 heavy (non-hydrogen) atoms. The van der Waals surface area contributed by atoms with Crippen molar-refractivity contribution < 1.29 is 8.83 Å². The molecule has 0 fully saturated rings. The number of fused-ring (bicyclic) bond motifs is 3. The summed E-state index contributed by atoms with van der Waals surface area (Å²) in [6.07, 6.45) is 3.60. The van der Waals surface area contributed by atoms with Gasteiger partial charge in [-0.15, -0.1) is 0 Å². The maximum atomic E-state index is 5.71. The van der Waals surface area contributed by atoms with Crippen LogP contribution in [-0.4, -0.2) is 21.8 Å². The minimum atomic E-state index is -2.20. The van der Waals surface area contributed by atoms with Crippen LogP contribution in [0.1, 0.15) is 0 Å². The molecule has 0 bridgehead atoms. The van der Waals surface area contributed by atoms with Gasteiger partial charge in [-0.05, 0) is 0 Å². The molecule has 3 aromatic rings. The molecule has 1 aromatic carbocycles.